The molecule has 1 fully saturated rings. The summed E-state index contributed by atoms with van der Waals surface area (Å²) in [5.41, 5.74) is 0.695. The number of likely N-dealkylation sites (N-methyl/N-ethyl adjacent to an activating group) is 1. The lowest BCUT2D eigenvalue weighted by molar-refractivity contribution is -0.124. The van der Waals surface area contributed by atoms with Crippen LogP contribution in [0.4, 0.5) is 0 Å². The molecule has 3 aromatic rings. The Labute approximate surface area is 193 Å². The van der Waals surface area contributed by atoms with Crippen LogP contribution in [0.15, 0.2) is 91.0 Å². The van der Waals surface area contributed by atoms with E-state index in [0.717, 1.165) is 8.61 Å². The molecule has 2 N–H and O–H groups in total. The van der Waals surface area contributed by atoms with Crippen molar-refractivity contribution in [2.45, 2.75) is 31.2 Å². The van der Waals surface area contributed by atoms with Crippen molar-refractivity contribution in [1.29, 1.82) is 0 Å². The van der Waals surface area contributed by atoms with E-state index in [1.54, 1.807) is 84.9 Å². The minimum atomic E-state index is -4.24. The average Bonchev–Trinajstić information content (AvgIpc) is 2.88. The third kappa shape index (κ3) is 5.02. The highest BCUT2D eigenvalue weighted by molar-refractivity contribution is 7.86. The van der Waals surface area contributed by atoms with Crippen LogP contribution in [-0.4, -0.2) is 59.0 Å². The van der Waals surface area contributed by atoms with Crippen molar-refractivity contribution in [3.05, 3.63) is 96.6 Å². The van der Waals surface area contributed by atoms with Crippen molar-refractivity contribution >= 4 is 10.2 Å². The fourth-order valence-corrected chi connectivity index (χ4v) is 5.14. The van der Waals surface area contributed by atoms with Crippen molar-refractivity contribution in [2.75, 3.05) is 7.05 Å². The number of aliphatic hydroxyl groups is 2. The normalized spacial score (nSPS) is 25.8. The van der Waals surface area contributed by atoms with E-state index in [4.69, 9.17) is 9.47 Å². The molecule has 0 aromatic heterocycles. The highest BCUT2D eigenvalue weighted by Crippen LogP contribution is 2.30. The quantitative estimate of drug-likeness (QED) is 0.573. The number of hydrogen-bond acceptors (Lipinski definition) is 6. The number of hydrogen-bond donors (Lipinski definition) is 2. The molecule has 0 amide bonds. The van der Waals surface area contributed by atoms with Crippen LogP contribution in [0.5, 0.6) is 11.5 Å². The van der Waals surface area contributed by atoms with Crippen molar-refractivity contribution in [1.82, 2.24) is 8.61 Å². The molecule has 3 aromatic carbocycles. The van der Waals surface area contributed by atoms with E-state index in [-0.39, 0.29) is 6.54 Å². The summed E-state index contributed by atoms with van der Waals surface area (Å²) in [6.45, 7) is -0.0765. The Balaban J connectivity index is 1.75. The zero-order valence-corrected chi connectivity index (χ0v) is 18.8. The van der Waals surface area contributed by atoms with E-state index in [0.29, 0.717) is 17.1 Å². The van der Waals surface area contributed by atoms with Gasteiger partial charge in [-0.2, -0.15) is 12.7 Å². The van der Waals surface area contributed by atoms with Gasteiger partial charge >= 0.3 is 0 Å². The Morgan fingerprint density at radius 1 is 0.727 bits per heavy atom. The van der Waals surface area contributed by atoms with Crippen LogP contribution >= 0.6 is 0 Å². The minimum Gasteiger partial charge on any atom is -0.471 e. The van der Waals surface area contributed by atoms with Gasteiger partial charge in [0.2, 0.25) is 0 Å². The summed E-state index contributed by atoms with van der Waals surface area (Å²) in [6, 6.07) is 26.1. The summed E-state index contributed by atoms with van der Waals surface area (Å²) in [7, 11) is -2.94. The standard InChI is InChI=1S/C24H26N2O6S/c1-25-23(31-19-13-7-3-8-14-19)21(27)22(28)24(32-20-15-9-4-10-16-20)26(33(25,29)30)17-18-11-5-2-6-12-18/h2-16,21-24,27-28H,17H2,1H3. The van der Waals surface area contributed by atoms with E-state index in [2.05, 4.69) is 0 Å². The van der Waals surface area contributed by atoms with Crippen LogP contribution in [0, 0.1) is 0 Å². The Bertz CT molecular complexity index is 1130. The zero-order valence-electron chi connectivity index (χ0n) is 18.0. The van der Waals surface area contributed by atoms with Crippen LogP contribution in [0.3, 0.4) is 0 Å². The van der Waals surface area contributed by atoms with Gasteiger partial charge in [0.05, 0.1) is 0 Å². The third-order valence-electron chi connectivity index (χ3n) is 5.42. The lowest BCUT2D eigenvalue weighted by Gasteiger charge is -2.32. The van der Waals surface area contributed by atoms with Crippen LogP contribution < -0.4 is 9.47 Å². The molecule has 4 rings (SSSR count). The molecule has 0 saturated carbocycles. The molecule has 0 bridgehead atoms. The summed E-state index contributed by atoms with van der Waals surface area (Å²) >= 11 is 0. The molecular weight excluding hydrogens is 444 g/mol. The van der Waals surface area contributed by atoms with Gasteiger partial charge in [0, 0.05) is 13.6 Å². The van der Waals surface area contributed by atoms with E-state index in [1.807, 2.05) is 6.07 Å². The molecule has 0 spiro atoms. The summed E-state index contributed by atoms with van der Waals surface area (Å²) in [6.07, 6.45) is -5.99. The van der Waals surface area contributed by atoms with Gasteiger partial charge in [-0.05, 0) is 29.8 Å². The predicted octanol–water partition coefficient (Wildman–Crippen LogP) is 2.21. The highest BCUT2D eigenvalue weighted by Gasteiger charge is 2.51. The molecule has 33 heavy (non-hydrogen) atoms. The fraction of sp³-hybridized carbons (Fsp3) is 0.250. The van der Waals surface area contributed by atoms with E-state index in [1.165, 1.54) is 7.05 Å². The average molecular weight is 471 g/mol. The first-order chi connectivity index (χ1) is 15.9. The van der Waals surface area contributed by atoms with E-state index >= 15 is 0 Å². The van der Waals surface area contributed by atoms with Crippen molar-refractivity contribution in [2.24, 2.45) is 0 Å². The molecule has 1 aliphatic rings. The monoisotopic (exact) mass is 470 g/mol. The lowest BCUT2D eigenvalue weighted by Crippen LogP contribution is -2.52. The molecule has 0 aliphatic carbocycles. The topological polar surface area (TPSA) is 99.5 Å². The van der Waals surface area contributed by atoms with Gasteiger partial charge in [0.15, 0.2) is 12.5 Å². The molecule has 0 radical (unpaired) electrons. The highest BCUT2D eigenvalue weighted by atomic mass is 32.2. The zero-order chi connectivity index (χ0) is 23.4. The van der Waals surface area contributed by atoms with Gasteiger partial charge in [0.1, 0.15) is 23.7 Å². The van der Waals surface area contributed by atoms with Crippen molar-refractivity contribution in [3.63, 3.8) is 0 Å². The first kappa shape index (κ1) is 23.2. The summed E-state index contributed by atoms with van der Waals surface area (Å²) in [5, 5.41) is 22.2. The second kappa shape index (κ2) is 9.90. The lowest BCUT2D eigenvalue weighted by atomic mass is 10.1. The second-order valence-electron chi connectivity index (χ2n) is 7.68. The number of nitrogens with zero attached hydrogens (tertiary/aromatic N) is 2. The van der Waals surface area contributed by atoms with Crippen molar-refractivity contribution < 1.29 is 28.1 Å². The van der Waals surface area contributed by atoms with Crippen molar-refractivity contribution in [3.8, 4) is 11.5 Å². The van der Waals surface area contributed by atoms with E-state index < -0.39 is 34.9 Å². The third-order valence-corrected chi connectivity index (χ3v) is 7.28. The molecule has 174 valence electrons. The number of aliphatic hydroxyl groups excluding tert-OH is 2. The van der Waals surface area contributed by atoms with Crippen LogP contribution in [0.25, 0.3) is 0 Å². The Hall–Kier alpha value is -2.95. The van der Waals surface area contributed by atoms with Crippen LogP contribution in [-0.2, 0) is 16.8 Å². The van der Waals surface area contributed by atoms with Gasteiger partial charge < -0.3 is 19.7 Å². The fourth-order valence-electron chi connectivity index (χ4n) is 3.64. The van der Waals surface area contributed by atoms with Gasteiger partial charge in [-0.1, -0.05) is 66.7 Å². The maximum absolute atomic E-state index is 13.7. The van der Waals surface area contributed by atoms with Gasteiger partial charge in [0.25, 0.3) is 10.2 Å². The van der Waals surface area contributed by atoms with Gasteiger partial charge in [-0.3, -0.25) is 0 Å². The molecule has 1 saturated heterocycles. The molecular formula is C24H26N2O6S. The summed E-state index contributed by atoms with van der Waals surface area (Å²) in [5.74, 6) is 0.708. The first-order valence-electron chi connectivity index (χ1n) is 10.5. The largest absolute Gasteiger partial charge is 0.471 e. The Kier molecular flexibility index (Phi) is 6.96. The SMILES string of the molecule is CN1C(Oc2ccccc2)C(O)C(O)C(Oc2ccccc2)N(Cc2ccccc2)S1(=O)=O. The maximum atomic E-state index is 13.7. The minimum absolute atomic E-state index is 0.0765. The number of ether oxygens (including phenoxy) is 2. The first-order valence-corrected chi connectivity index (χ1v) is 11.9. The predicted molar refractivity (Wildman–Crippen MR) is 122 cm³/mol. The summed E-state index contributed by atoms with van der Waals surface area (Å²) in [4.78, 5) is 0. The Morgan fingerprint density at radius 3 is 1.67 bits per heavy atom. The maximum Gasteiger partial charge on any atom is 0.288 e. The smallest absolute Gasteiger partial charge is 0.288 e. The Morgan fingerprint density at radius 2 is 1.15 bits per heavy atom. The van der Waals surface area contributed by atoms with Crippen LogP contribution in [0.2, 0.25) is 0 Å². The van der Waals surface area contributed by atoms with Gasteiger partial charge in [-0.25, -0.2) is 0 Å². The molecule has 4 unspecified atom stereocenters. The molecule has 4 atom stereocenters. The van der Waals surface area contributed by atoms with Crippen LogP contribution in [0.1, 0.15) is 5.56 Å². The number of rotatable bonds is 6. The molecule has 1 aliphatic heterocycles. The molecule has 8 nitrogen and oxygen atoms in total. The summed E-state index contributed by atoms with van der Waals surface area (Å²) < 4.78 is 41.1. The van der Waals surface area contributed by atoms with Gasteiger partial charge in [-0.15, -0.1) is 4.31 Å². The second-order valence-corrected chi connectivity index (χ2v) is 9.62. The number of para-hydroxylation sites is 2. The molecule has 9 heteroatoms. The molecule has 1 heterocycles. The number of benzene rings is 3. The van der Waals surface area contributed by atoms with E-state index in [9.17, 15) is 18.6 Å².